The molecule has 0 saturated carbocycles. The summed E-state index contributed by atoms with van der Waals surface area (Å²) in [6.07, 6.45) is 0. The summed E-state index contributed by atoms with van der Waals surface area (Å²) in [5.74, 6) is -0.461. The average molecular weight is 326 g/mol. The zero-order valence-electron chi connectivity index (χ0n) is 11.1. The first-order chi connectivity index (χ1) is 9.63. The second-order valence-electron chi connectivity index (χ2n) is 4.86. The van der Waals surface area contributed by atoms with Gasteiger partial charge in [-0.2, -0.15) is 17.5 Å². The monoisotopic (exact) mass is 326 g/mol. The van der Waals surface area contributed by atoms with Crippen LogP contribution in [0.3, 0.4) is 0 Å². The zero-order chi connectivity index (χ0) is 15.8. The molecule has 0 N–H and O–H groups in total. The third-order valence-electron chi connectivity index (χ3n) is 3.50. The molecule has 0 spiro atoms. The first kappa shape index (κ1) is 16.2. The van der Waals surface area contributed by atoms with Gasteiger partial charge < -0.3 is 0 Å². The van der Waals surface area contributed by atoms with Gasteiger partial charge in [0.05, 0.1) is 0 Å². The van der Waals surface area contributed by atoms with E-state index in [9.17, 15) is 26.0 Å². The second-order valence-corrected chi connectivity index (χ2v) is 6.79. The number of piperazine rings is 1. The summed E-state index contributed by atoms with van der Waals surface area (Å²) >= 11 is 0. The molecule has 1 heterocycles. The smallest absolute Gasteiger partial charge is 0.297 e. The van der Waals surface area contributed by atoms with Gasteiger partial charge in [-0.15, -0.1) is 0 Å². The summed E-state index contributed by atoms with van der Waals surface area (Å²) in [4.78, 5) is 1.75. The van der Waals surface area contributed by atoms with Gasteiger partial charge in [-0.3, -0.25) is 4.90 Å². The van der Waals surface area contributed by atoms with Crippen LogP contribution >= 0.6 is 0 Å². The molecule has 1 aliphatic rings. The number of sulfonamides is 1. The molecule has 0 bridgehead atoms. The lowest BCUT2D eigenvalue weighted by atomic mass is 10.0. The molecule has 9 heteroatoms. The van der Waals surface area contributed by atoms with E-state index in [0.29, 0.717) is 9.87 Å². The van der Waals surface area contributed by atoms with Gasteiger partial charge in [0.2, 0.25) is 0 Å². The highest BCUT2D eigenvalue weighted by Gasteiger charge is 2.51. The van der Waals surface area contributed by atoms with Gasteiger partial charge in [0.25, 0.3) is 0 Å². The standard InChI is InChI=1S/C12H14F4N2O2S/c1-17-6-7-18(21(19,20)12(14,15)16)8-11(17)9-2-4-10(13)5-3-9/h2-5,11H,6-8H2,1H3/t11-/m0/s1. The number of likely N-dealkylation sites (N-methyl/N-ethyl adjacent to an activating group) is 1. The molecule has 1 saturated heterocycles. The molecule has 1 aromatic carbocycles. The average Bonchev–Trinajstić information content (AvgIpc) is 2.39. The summed E-state index contributed by atoms with van der Waals surface area (Å²) in [5.41, 5.74) is -4.74. The minimum Gasteiger partial charge on any atom is -0.297 e. The van der Waals surface area contributed by atoms with Crippen LogP contribution in [0.15, 0.2) is 24.3 Å². The molecule has 1 atom stereocenters. The normalized spacial score (nSPS) is 22.4. The Kier molecular flexibility index (Phi) is 4.27. The zero-order valence-corrected chi connectivity index (χ0v) is 12.0. The largest absolute Gasteiger partial charge is 0.511 e. The number of hydrogen-bond acceptors (Lipinski definition) is 3. The van der Waals surface area contributed by atoms with E-state index in [1.165, 1.54) is 24.3 Å². The molecule has 0 radical (unpaired) electrons. The van der Waals surface area contributed by atoms with E-state index in [-0.39, 0.29) is 19.6 Å². The number of rotatable bonds is 2. The highest BCUT2D eigenvalue weighted by atomic mass is 32.2. The fourth-order valence-electron chi connectivity index (χ4n) is 2.26. The molecule has 1 fully saturated rings. The highest BCUT2D eigenvalue weighted by molar-refractivity contribution is 7.90. The maximum absolute atomic E-state index is 12.9. The highest BCUT2D eigenvalue weighted by Crippen LogP contribution is 2.32. The Bertz CT molecular complexity index is 601. The van der Waals surface area contributed by atoms with Gasteiger partial charge >= 0.3 is 15.5 Å². The molecule has 0 aliphatic carbocycles. The molecule has 1 aromatic rings. The van der Waals surface area contributed by atoms with Crippen molar-refractivity contribution in [3.63, 3.8) is 0 Å². The van der Waals surface area contributed by atoms with Gasteiger partial charge in [0.1, 0.15) is 5.82 Å². The number of halogens is 4. The lowest BCUT2D eigenvalue weighted by molar-refractivity contribution is -0.0507. The Labute approximate surface area is 120 Å². The SMILES string of the molecule is CN1CCN(S(=O)(=O)C(F)(F)F)C[C@H]1c1ccc(F)cc1. The maximum Gasteiger partial charge on any atom is 0.511 e. The Morgan fingerprint density at radius 2 is 1.71 bits per heavy atom. The van der Waals surface area contributed by atoms with Crippen molar-refractivity contribution < 1.29 is 26.0 Å². The topological polar surface area (TPSA) is 40.6 Å². The van der Waals surface area contributed by atoms with Crippen LogP contribution in [0.25, 0.3) is 0 Å². The fraction of sp³-hybridized carbons (Fsp3) is 0.500. The van der Waals surface area contributed by atoms with Crippen LogP contribution in [0.5, 0.6) is 0 Å². The van der Waals surface area contributed by atoms with Gasteiger partial charge in [-0.1, -0.05) is 12.1 Å². The minimum absolute atomic E-state index is 0.164. The summed E-state index contributed by atoms with van der Waals surface area (Å²) in [7, 11) is -3.65. The summed E-state index contributed by atoms with van der Waals surface area (Å²) < 4.78 is 74.1. The van der Waals surface area contributed by atoms with Crippen molar-refractivity contribution in [2.45, 2.75) is 11.6 Å². The lowest BCUT2D eigenvalue weighted by Crippen LogP contribution is -2.52. The van der Waals surface area contributed by atoms with Crippen LogP contribution < -0.4 is 0 Å². The van der Waals surface area contributed by atoms with Crippen molar-refractivity contribution in [2.24, 2.45) is 0 Å². The number of hydrogen-bond donors (Lipinski definition) is 0. The first-order valence-corrected chi connectivity index (χ1v) is 7.59. The van der Waals surface area contributed by atoms with Crippen molar-refractivity contribution in [1.82, 2.24) is 9.21 Å². The van der Waals surface area contributed by atoms with Crippen molar-refractivity contribution >= 4 is 10.0 Å². The quantitative estimate of drug-likeness (QED) is 0.780. The Balaban J connectivity index is 2.26. The van der Waals surface area contributed by atoms with Crippen LogP contribution in [0.4, 0.5) is 17.6 Å². The third-order valence-corrected chi connectivity index (χ3v) is 5.09. The van der Waals surface area contributed by atoms with E-state index in [0.717, 1.165) is 0 Å². The van der Waals surface area contributed by atoms with E-state index >= 15 is 0 Å². The molecule has 21 heavy (non-hydrogen) atoms. The van der Waals surface area contributed by atoms with Crippen molar-refractivity contribution in [2.75, 3.05) is 26.7 Å². The summed E-state index contributed by atoms with van der Waals surface area (Å²) in [5, 5.41) is 0. The van der Waals surface area contributed by atoms with Crippen molar-refractivity contribution in [1.29, 1.82) is 0 Å². The van der Waals surface area contributed by atoms with Gasteiger partial charge in [0.15, 0.2) is 0 Å². The van der Waals surface area contributed by atoms with E-state index in [4.69, 9.17) is 0 Å². The fourth-order valence-corrected chi connectivity index (χ4v) is 3.21. The predicted molar refractivity (Wildman–Crippen MR) is 68.3 cm³/mol. The third kappa shape index (κ3) is 3.19. The number of nitrogens with zero attached hydrogens (tertiary/aromatic N) is 2. The molecule has 0 aromatic heterocycles. The van der Waals surface area contributed by atoms with Crippen LogP contribution in [-0.2, 0) is 10.0 Å². The Morgan fingerprint density at radius 3 is 2.24 bits per heavy atom. The first-order valence-electron chi connectivity index (χ1n) is 6.15. The Hall–Kier alpha value is -1.19. The van der Waals surface area contributed by atoms with Crippen molar-refractivity contribution in [3.05, 3.63) is 35.6 Å². The van der Waals surface area contributed by atoms with Crippen LogP contribution in [0.1, 0.15) is 11.6 Å². The second kappa shape index (κ2) is 5.54. The summed E-state index contributed by atoms with van der Waals surface area (Å²) in [6, 6.07) is 4.73. The molecular formula is C12H14F4N2O2S. The van der Waals surface area contributed by atoms with Gasteiger partial charge in [-0.25, -0.2) is 12.8 Å². The minimum atomic E-state index is -5.34. The maximum atomic E-state index is 12.9. The number of benzene rings is 1. The number of alkyl halides is 3. The molecule has 0 unspecified atom stereocenters. The molecule has 118 valence electrons. The lowest BCUT2D eigenvalue weighted by Gasteiger charge is -2.39. The van der Waals surface area contributed by atoms with Gasteiger partial charge in [0, 0.05) is 25.7 Å². The van der Waals surface area contributed by atoms with Crippen LogP contribution in [0.2, 0.25) is 0 Å². The Morgan fingerprint density at radius 1 is 1.14 bits per heavy atom. The van der Waals surface area contributed by atoms with Crippen LogP contribution in [-0.4, -0.2) is 49.8 Å². The van der Waals surface area contributed by atoms with E-state index in [2.05, 4.69) is 0 Å². The molecule has 4 nitrogen and oxygen atoms in total. The molecule has 2 rings (SSSR count). The van der Waals surface area contributed by atoms with Crippen molar-refractivity contribution in [3.8, 4) is 0 Å². The molecular weight excluding hydrogens is 312 g/mol. The molecule has 0 amide bonds. The van der Waals surface area contributed by atoms with Gasteiger partial charge in [-0.05, 0) is 24.7 Å². The predicted octanol–water partition coefficient (Wildman–Crippen LogP) is 1.96. The van der Waals surface area contributed by atoms with Crippen LogP contribution in [0, 0.1) is 5.82 Å². The van der Waals surface area contributed by atoms with E-state index in [1.54, 1.807) is 11.9 Å². The van der Waals surface area contributed by atoms with E-state index < -0.39 is 27.4 Å². The van der Waals surface area contributed by atoms with E-state index in [1.807, 2.05) is 0 Å². The molecule has 1 aliphatic heterocycles. The summed E-state index contributed by atoms with van der Waals surface area (Å²) in [6.45, 7) is -0.378.